The van der Waals surface area contributed by atoms with Crippen molar-refractivity contribution < 1.29 is 8.78 Å². The minimum absolute atomic E-state index is 0.0573. The lowest BCUT2D eigenvalue weighted by Gasteiger charge is -2.47. The highest BCUT2D eigenvalue weighted by atomic mass is 19.1. The number of hydrogen-bond acceptors (Lipinski definition) is 8. The Hall–Kier alpha value is -3.21. The largest absolute Gasteiger partial charge is 0.365 e. The van der Waals surface area contributed by atoms with E-state index in [0.29, 0.717) is 17.6 Å². The fraction of sp³-hybridized carbons (Fsp3) is 0.542. The first-order chi connectivity index (χ1) is 16.9. The van der Waals surface area contributed by atoms with Gasteiger partial charge in [-0.2, -0.15) is 9.67 Å². The predicted octanol–water partition coefficient (Wildman–Crippen LogP) is 4.17. The highest BCUT2D eigenvalue weighted by Gasteiger charge is 2.43. The van der Waals surface area contributed by atoms with Gasteiger partial charge in [-0.1, -0.05) is 0 Å². The van der Waals surface area contributed by atoms with E-state index in [1.54, 1.807) is 12.1 Å². The molecule has 2 saturated heterocycles. The number of halogens is 2. The van der Waals surface area contributed by atoms with Crippen molar-refractivity contribution in [1.29, 1.82) is 0 Å². The number of aromatic nitrogens is 6. The average Bonchev–Trinajstić information content (AvgIpc) is 3.33. The van der Waals surface area contributed by atoms with E-state index >= 15 is 0 Å². The van der Waals surface area contributed by atoms with Crippen molar-refractivity contribution in [2.24, 2.45) is 0 Å². The lowest BCUT2D eigenvalue weighted by Crippen LogP contribution is -2.55. The van der Waals surface area contributed by atoms with Gasteiger partial charge in [0.25, 0.3) is 0 Å². The molecule has 0 spiro atoms. The highest BCUT2D eigenvalue weighted by Crippen LogP contribution is 2.40. The second-order valence-electron chi connectivity index (χ2n) is 10.5. The Morgan fingerprint density at radius 3 is 2.80 bits per heavy atom. The number of benzene rings is 1. The van der Waals surface area contributed by atoms with E-state index in [9.17, 15) is 8.78 Å². The minimum Gasteiger partial charge on any atom is -0.365 e. The fourth-order valence-electron chi connectivity index (χ4n) is 5.69. The Bertz CT molecular complexity index is 1240. The molecule has 4 heterocycles. The van der Waals surface area contributed by atoms with E-state index in [4.69, 9.17) is 0 Å². The first-order valence-corrected chi connectivity index (χ1v) is 12.3. The molecule has 2 atom stereocenters. The van der Waals surface area contributed by atoms with Crippen molar-refractivity contribution in [3.8, 4) is 5.69 Å². The van der Waals surface area contributed by atoms with Crippen LogP contribution in [0, 0.1) is 11.6 Å². The summed E-state index contributed by atoms with van der Waals surface area (Å²) >= 11 is 0. The van der Waals surface area contributed by atoms with Gasteiger partial charge in [-0.15, -0.1) is 5.10 Å². The molecule has 1 saturated carbocycles. The van der Waals surface area contributed by atoms with Gasteiger partial charge in [-0.05, 0) is 87.5 Å². The van der Waals surface area contributed by atoms with Crippen LogP contribution in [0.4, 0.5) is 26.2 Å². The maximum atomic E-state index is 14.7. The second-order valence-corrected chi connectivity index (χ2v) is 10.5. The molecule has 0 amide bonds. The molecule has 184 valence electrons. The van der Waals surface area contributed by atoms with E-state index in [1.165, 1.54) is 23.6 Å². The van der Waals surface area contributed by atoms with Crippen LogP contribution < -0.4 is 10.6 Å². The van der Waals surface area contributed by atoms with Crippen molar-refractivity contribution in [3.05, 3.63) is 41.9 Å². The normalized spacial score (nSPS) is 23.8. The van der Waals surface area contributed by atoms with E-state index < -0.39 is 11.6 Å². The maximum Gasteiger partial charge on any atom is 0.229 e. The zero-order valence-electron chi connectivity index (χ0n) is 19.9. The summed E-state index contributed by atoms with van der Waals surface area (Å²) in [4.78, 5) is 11.1. The first kappa shape index (κ1) is 22.3. The number of fused-ring (bicyclic) bond motifs is 1. The molecule has 3 fully saturated rings. The van der Waals surface area contributed by atoms with E-state index in [2.05, 4.69) is 54.9 Å². The van der Waals surface area contributed by atoms with Gasteiger partial charge in [-0.25, -0.2) is 13.8 Å². The summed E-state index contributed by atoms with van der Waals surface area (Å²) in [6.45, 7) is 5.65. The molecule has 0 radical (unpaired) electrons. The summed E-state index contributed by atoms with van der Waals surface area (Å²) in [6, 6.07) is 5.17. The van der Waals surface area contributed by atoms with E-state index in [-0.39, 0.29) is 35.0 Å². The molecule has 0 bridgehead atoms. The van der Waals surface area contributed by atoms with Gasteiger partial charge in [0.05, 0.1) is 6.20 Å². The van der Waals surface area contributed by atoms with Gasteiger partial charge in [0.1, 0.15) is 11.5 Å². The molecule has 1 aromatic carbocycles. The molecule has 3 aromatic rings. The summed E-state index contributed by atoms with van der Waals surface area (Å²) in [5.41, 5.74) is 0.853. The molecule has 2 aliphatic heterocycles. The van der Waals surface area contributed by atoms with Gasteiger partial charge in [0.15, 0.2) is 17.5 Å². The summed E-state index contributed by atoms with van der Waals surface area (Å²) in [7, 11) is 0. The number of anilines is 3. The first-order valence-electron chi connectivity index (χ1n) is 12.3. The third-order valence-electron chi connectivity index (χ3n) is 7.41. The number of nitrogens with zero attached hydrogens (tertiary/aromatic N) is 7. The molecule has 35 heavy (non-hydrogen) atoms. The number of nitrogens with one attached hydrogen (secondary N) is 2. The Kier molecular flexibility index (Phi) is 5.39. The molecule has 2 aromatic heterocycles. The molecule has 9 nitrogen and oxygen atoms in total. The average molecular weight is 482 g/mol. The van der Waals surface area contributed by atoms with Crippen LogP contribution in [0.25, 0.3) is 5.69 Å². The summed E-state index contributed by atoms with van der Waals surface area (Å²) in [5, 5.41) is 18.1. The predicted molar refractivity (Wildman–Crippen MR) is 127 cm³/mol. The standard InChI is InChI=1S/C24H29F2N9/c1-24(2)12-16(10-17-4-3-9-34(17)24)28-21-19(26)13-27-23(30-21)29-15-7-8-18(25)20(11-15)35-22(14-5-6-14)31-32-33-35/h7-8,11,13-14,16-17H,3-6,9-10,12H2,1-2H3,(H2,27,28,29,30)/t16-,17+/m1/s1. The molecule has 2 N–H and O–H groups in total. The smallest absolute Gasteiger partial charge is 0.229 e. The number of tetrazole rings is 1. The third-order valence-corrected chi connectivity index (χ3v) is 7.41. The minimum atomic E-state index is -0.496. The summed E-state index contributed by atoms with van der Waals surface area (Å²) < 4.78 is 30.7. The summed E-state index contributed by atoms with van der Waals surface area (Å²) in [5.74, 6) is 0.382. The zero-order chi connectivity index (χ0) is 24.2. The van der Waals surface area contributed by atoms with Crippen molar-refractivity contribution >= 4 is 17.5 Å². The van der Waals surface area contributed by atoms with Gasteiger partial charge < -0.3 is 10.6 Å². The zero-order valence-corrected chi connectivity index (χ0v) is 19.9. The highest BCUT2D eigenvalue weighted by molar-refractivity contribution is 5.59. The molecule has 11 heteroatoms. The molecular formula is C24H29F2N9. The van der Waals surface area contributed by atoms with Crippen LogP contribution in [0.15, 0.2) is 24.4 Å². The quantitative estimate of drug-likeness (QED) is 0.542. The van der Waals surface area contributed by atoms with Gasteiger partial charge in [0, 0.05) is 29.2 Å². The van der Waals surface area contributed by atoms with Gasteiger partial charge in [-0.3, -0.25) is 4.90 Å². The Balaban J connectivity index is 1.21. The monoisotopic (exact) mass is 481 g/mol. The van der Waals surface area contributed by atoms with Crippen LogP contribution in [0.2, 0.25) is 0 Å². The van der Waals surface area contributed by atoms with E-state index in [0.717, 1.165) is 38.4 Å². The second kappa shape index (κ2) is 8.47. The van der Waals surface area contributed by atoms with Crippen LogP contribution in [-0.2, 0) is 0 Å². The van der Waals surface area contributed by atoms with Crippen LogP contribution >= 0.6 is 0 Å². The molecular weight excluding hydrogens is 452 g/mol. The summed E-state index contributed by atoms with van der Waals surface area (Å²) in [6.07, 6.45) is 7.41. The van der Waals surface area contributed by atoms with Crippen LogP contribution in [0.1, 0.15) is 64.1 Å². The molecule has 3 aliphatic rings. The van der Waals surface area contributed by atoms with Crippen molar-refractivity contribution in [1.82, 2.24) is 35.1 Å². The lowest BCUT2D eigenvalue weighted by molar-refractivity contribution is 0.0500. The Morgan fingerprint density at radius 1 is 1.11 bits per heavy atom. The SMILES string of the molecule is CC1(C)C[C@H](Nc2nc(Nc3ccc(F)c(-n4nnnc4C4CC4)c3)ncc2F)C[C@@H]2CCCN21. The number of hydrogen-bond donors (Lipinski definition) is 2. The molecule has 1 aliphatic carbocycles. The third kappa shape index (κ3) is 4.33. The fourth-order valence-corrected chi connectivity index (χ4v) is 5.69. The van der Waals surface area contributed by atoms with Crippen LogP contribution in [0.5, 0.6) is 0 Å². The van der Waals surface area contributed by atoms with Crippen molar-refractivity contribution in [2.75, 3.05) is 17.2 Å². The lowest BCUT2D eigenvalue weighted by atomic mass is 9.84. The van der Waals surface area contributed by atoms with Gasteiger partial charge in [0.2, 0.25) is 5.95 Å². The van der Waals surface area contributed by atoms with Crippen LogP contribution in [0.3, 0.4) is 0 Å². The molecule has 6 rings (SSSR count). The maximum absolute atomic E-state index is 14.7. The van der Waals surface area contributed by atoms with Crippen molar-refractivity contribution in [3.63, 3.8) is 0 Å². The Morgan fingerprint density at radius 2 is 1.97 bits per heavy atom. The van der Waals surface area contributed by atoms with E-state index in [1.807, 2.05) is 0 Å². The number of piperidine rings is 1. The Labute approximate surface area is 202 Å². The van der Waals surface area contributed by atoms with Crippen LogP contribution in [-0.4, -0.2) is 59.2 Å². The molecule has 0 unspecified atom stereocenters. The van der Waals surface area contributed by atoms with Gasteiger partial charge >= 0.3 is 0 Å². The van der Waals surface area contributed by atoms with Crippen molar-refractivity contribution in [2.45, 2.75) is 75.9 Å². The topological polar surface area (TPSA) is 96.7 Å². The number of rotatable bonds is 6.